The van der Waals surface area contributed by atoms with Gasteiger partial charge in [0.2, 0.25) is 23.6 Å². The predicted molar refractivity (Wildman–Crippen MR) is 125 cm³/mol. The van der Waals surface area contributed by atoms with E-state index in [1.54, 1.807) is 26.0 Å². The standard InChI is InChI=1S/C23H33N5O7/c1-12(2)19(27-20(31)15(24)11-18(25)30)21(32)26-16(10-13-5-7-14(29)8-6-13)22(33)28-9-3-4-17(28)23(34)35/h5-8,12,15-17,19,29H,3-4,9-11,24H2,1-2H3,(H2,25,30)(H,26,32)(H,27,31)(H,34,35). The van der Waals surface area contributed by atoms with Crippen molar-refractivity contribution in [3.05, 3.63) is 29.8 Å². The van der Waals surface area contributed by atoms with E-state index in [-0.39, 0.29) is 18.7 Å². The van der Waals surface area contributed by atoms with Gasteiger partial charge < -0.3 is 37.2 Å². The molecule has 0 bridgehead atoms. The molecule has 192 valence electrons. The van der Waals surface area contributed by atoms with Crippen LogP contribution in [-0.4, -0.2) is 75.4 Å². The van der Waals surface area contributed by atoms with Crippen molar-refractivity contribution in [1.82, 2.24) is 15.5 Å². The van der Waals surface area contributed by atoms with Crippen LogP contribution in [0, 0.1) is 5.92 Å². The molecule has 4 unspecified atom stereocenters. The van der Waals surface area contributed by atoms with Crippen molar-refractivity contribution < 1.29 is 34.2 Å². The fourth-order valence-electron chi connectivity index (χ4n) is 3.92. The van der Waals surface area contributed by atoms with Crippen LogP contribution in [0.5, 0.6) is 5.75 Å². The van der Waals surface area contributed by atoms with Crippen molar-refractivity contribution in [3.63, 3.8) is 0 Å². The average Bonchev–Trinajstić information content (AvgIpc) is 3.27. The van der Waals surface area contributed by atoms with Gasteiger partial charge in [0.05, 0.1) is 12.5 Å². The van der Waals surface area contributed by atoms with Crippen molar-refractivity contribution in [1.29, 1.82) is 0 Å². The van der Waals surface area contributed by atoms with Crippen molar-refractivity contribution >= 4 is 29.6 Å². The molecule has 1 fully saturated rings. The molecule has 0 spiro atoms. The van der Waals surface area contributed by atoms with E-state index in [2.05, 4.69) is 10.6 Å². The largest absolute Gasteiger partial charge is 0.508 e. The van der Waals surface area contributed by atoms with Gasteiger partial charge in [-0.2, -0.15) is 0 Å². The lowest BCUT2D eigenvalue weighted by Crippen LogP contribution is -2.59. The molecule has 12 heteroatoms. The van der Waals surface area contributed by atoms with Crippen LogP contribution in [0.15, 0.2) is 24.3 Å². The van der Waals surface area contributed by atoms with Gasteiger partial charge in [-0.15, -0.1) is 0 Å². The average molecular weight is 492 g/mol. The summed E-state index contributed by atoms with van der Waals surface area (Å²) in [7, 11) is 0. The first-order chi connectivity index (χ1) is 16.4. The van der Waals surface area contributed by atoms with Crippen LogP contribution in [0.1, 0.15) is 38.7 Å². The zero-order valence-corrected chi connectivity index (χ0v) is 19.8. The number of nitrogens with one attached hydrogen (secondary N) is 2. The van der Waals surface area contributed by atoms with Crippen LogP contribution in [0.3, 0.4) is 0 Å². The van der Waals surface area contributed by atoms with Gasteiger partial charge in [-0.05, 0) is 36.5 Å². The number of amides is 4. The number of primary amides is 1. The van der Waals surface area contributed by atoms with Gasteiger partial charge in [-0.25, -0.2) is 4.79 Å². The molecule has 0 aliphatic carbocycles. The summed E-state index contributed by atoms with van der Waals surface area (Å²) in [5.74, 6) is -4.23. The number of benzene rings is 1. The number of hydrogen-bond acceptors (Lipinski definition) is 7. The lowest BCUT2D eigenvalue weighted by atomic mass is 10.00. The summed E-state index contributed by atoms with van der Waals surface area (Å²) in [5.41, 5.74) is 11.4. The minimum atomic E-state index is -1.24. The normalized spacial score (nSPS) is 17.9. The predicted octanol–water partition coefficient (Wildman–Crippen LogP) is -1.16. The van der Waals surface area contributed by atoms with E-state index >= 15 is 0 Å². The Hall–Kier alpha value is -3.67. The highest BCUT2D eigenvalue weighted by molar-refractivity contribution is 5.95. The number of nitrogens with two attached hydrogens (primary N) is 2. The number of likely N-dealkylation sites (tertiary alicyclic amines) is 1. The summed E-state index contributed by atoms with van der Waals surface area (Å²) < 4.78 is 0. The fourth-order valence-corrected chi connectivity index (χ4v) is 3.92. The Morgan fingerprint density at radius 2 is 1.71 bits per heavy atom. The van der Waals surface area contributed by atoms with Crippen LogP contribution in [0.25, 0.3) is 0 Å². The van der Waals surface area contributed by atoms with Crippen LogP contribution >= 0.6 is 0 Å². The highest BCUT2D eigenvalue weighted by Crippen LogP contribution is 2.20. The number of carbonyl (C=O) groups excluding carboxylic acids is 4. The molecule has 1 aliphatic heterocycles. The molecule has 35 heavy (non-hydrogen) atoms. The van der Waals surface area contributed by atoms with E-state index in [0.29, 0.717) is 18.4 Å². The highest BCUT2D eigenvalue weighted by Gasteiger charge is 2.38. The Labute approximate surface area is 203 Å². The second-order valence-electron chi connectivity index (χ2n) is 8.97. The summed E-state index contributed by atoms with van der Waals surface area (Å²) >= 11 is 0. The van der Waals surface area contributed by atoms with Gasteiger partial charge in [-0.1, -0.05) is 26.0 Å². The molecule has 4 amide bonds. The molecule has 0 radical (unpaired) electrons. The third-order valence-electron chi connectivity index (χ3n) is 5.82. The number of aliphatic carboxylic acids is 1. The molecule has 1 heterocycles. The zero-order valence-electron chi connectivity index (χ0n) is 19.8. The minimum absolute atomic E-state index is 0.0287. The van der Waals surface area contributed by atoms with Gasteiger partial charge in [-0.3, -0.25) is 19.2 Å². The SMILES string of the molecule is CC(C)C(NC(=O)C(N)CC(N)=O)C(=O)NC(Cc1ccc(O)cc1)C(=O)N1CCCC1C(=O)O. The number of hydrogen-bond donors (Lipinski definition) is 6. The highest BCUT2D eigenvalue weighted by atomic mass is 16.4. The maximum atomic E-state index is 13.4. The molecule has 1 aromatic rings. The Bertz CT molecular complexity index is 950. The molecular formula is C23H33N5O7. The maximum absolute atomic E-state index is 13.4. The zero-order chi connectivity index (χ0) is 26.3. The number of carboxylic acid groups (broad SMARTS) is 1. The monoisotopic (exact) mass is 491 g/mol. The lowest BCUT2D eigenvalue weighted by Gasteiger charge is -2.30. The summed E-state index contributed by atoms with van der Waals surface area (Å²) in [5, 5.41) is 24.2. The second kappa shape index (κ2) is 12.2. The van der Waals surface area contributed by atoms with Gasteiger partial charge >= 0.3 is 5.97 Å². The van der Waals surface area contributed by atoms with Gasteiger partial charge in [0, 0.05) is 13.0 Å². The van der Waals surface area contributed by atoms with Crippen molar-refractivity contribution in [2.75, 3.05) is 6.54 Å². The van der Waals surface area contributed by atoms with E-state index in [1.165, 1.54) is 17.0 Å². The second-order valence-corrected chi connectivity index (χ2v) is 8.97. The molecule has 0 aromatic heterocycles. The van der Waals surface area contributed by atoms with Gasteiger partial charge in [0.15, 0.2) is 0 Å². The van der Waals surface area contributed by atoms with Crippen molar-refractivity contribution in [2.24, 2.45) is 17.4 Å². The Balaban J connectivity index is 2.25. The molecule has 2 rings (SSSR count). The molecule has 0 saturated carbocycles. The topological polar surface area (TPSA) is 205 Å². The lowest BCUT2D eigenvalue weighted by molar-refractivity contribution is -0.149. The number of carbonyl (C=O) groups is 5. The number of aromatic hydroxyl groups is 1. The van der Waals surface area contributed by atoms with Gasteiger partial charge in [0.1, 0.15) is 23.9 Å². The number of phenols is 1. The van der Waals surface area contributed by atoms with Gasteiger partial charge in [0.25, 0.3) is 0 Å². The minimum Gasteiger partial charge on any atom is -0.508 e. The first-order valence-electron chi connectivity index (χ1n) is 11.4. The maximum Gasteiger partial charge on any atom is 0.326 e. The molecular weight excluding hydrogens is 458 g/mol. The van der Waals surface area contributed by atoms with Crippen molar-refractivity contribution in [2.45, 2.75) is 63.7 Å². The molecule has 1 aromatic carbocycles. The van der Waals surface area contributed by atoms with E-state index in [4.69, 9.17) is 11.5 Å². The van der Waals surface area contributed by atoms with E-state index < -0.39 is 66.1 Å². The number of rotatable bonds is 11. The molecule has 1 saturated heterocycles. The molecule has 12 nitrogen and oxygen atoms in total. The van der Waals surface area contributed by atoms with Crippen LogP contribution in [-0.2, 0) is 30.4 Å². The van der Waals surface area contributed by atoms with Crippen LogP contribution < -0.4 is 22.1 Å². The summed E-state index contributed by atoms with van der Waals surface area (Å²) in [4.78, 5) is 62.8. The number of nitrogens with zero attached hydrogens (tertiary/aromatic N) is 1. The van der Waals surface area contributed by atoms with Crippen LogP contribution in [0.2, 0.25) is 0 Å². The van der Waals surface area contributed by atoms with Crippen molar-refractivity contribution in [3.8, 4) is 5.75 Å². The number of carboxylic acids is 1. The first-order valence-corrected chi connectivity index (χ1v) is 11.4. The quantitative estimate of drug-likeness (QED) is 0.222. The molecule has 1 aliphatic rings. The third kappa shape index (κ3) is 7.67. The first kappa shape index (κ1) is 27.6. The Morgan fingerprint density at radius 3 is 2.26 bits per heavy atom. The van der Waals surface area contributed by atoms with E-state index in [9.17, 15) is 34.2 Å². The molecule has 8 N–H and O–H groups in total. The van der Waals surface area contributed by atoms with E-state index in [0.717, 1.165) is 0 Å². The Kier molecular flexibility index (Phi) is 9.58. The van der Waals surface area contributed by atoms with E-state index in [1.807, 2.05) is 0 Å². The molecule has 4 atom stereocenters. The summed E-state index contributed by atoms with van der Waals surface area (Å²) in [6.45, 7) is 3.60. The smallest absolute Gasteiger partial charge is 0.326 e. The summed E-state index contributed by atoms with van der Waals surface area (Å²) in [6, 6.07) is 1.62. The third-order valence-corrected chi connectivity index (χ3v) is 5.82. The van der Waals surface area contributed by atoms with Crippen LogP contribution in [0.4, 0.5) is 0 Å². The fraction of sp³-hybridized carbons (Fsp3) is 0.522. The Morgan fingerprint density at radius 1 is 1.09 bits per heavy atom. The summed E-state index contributed by atoms with van der Waals surface area (Å²) in [6.07, 6.45) is 0.466. The number of phenolic OH excluding ortho intramolecular Hbond substituents is 1.